The van der Waals surface area contributed by atoms with Crippen LogP contribution in [0.5, 0.6) is 0 Å². The van der Waals surface area contributed by atoms with E-state index >= 15 is 0 Å². The molecule has 0 unspecified atom stereocenters. The largest absolute Gasteiger partial charge is 0.510 e. The molecular weight excluding hydrogens is 314 g/mol. The monoisotopic (exact) mass is 329 g/mol. The zero-order chi connectivity index (χ0) is 16.6. The Balaban J connectivity index is 1.84. The van der Waals surface area contributed by atoms with Crippen molar-refractivity contribution in [2.75, 3.05) is 11.4 Å². The quantitative estimate of drug-likeness (QED) is 0.801. The van der Waals surface area contributed by atoms with Crippen molar-refractivity contribution in [3.8, 4) is 0 Å². The molecule has 3 N–H and O–H groups in total. The minimum absolute atomic E-state index is 0.0368. The summed E-state index contributed by atoms with van der Waals surface area (Å²) in [5.74, 6) is -0.561. The molecule has 2 heterocycles. The Morgan fingerprint density at radius 1 is 1.39 bits per heavy atom. The van der Waals surface area contributed by atoms with Gasteiger partial charge in [-0.25, -0.2) is 4.98 Å². The van der Waals surface area contributed by atoms with Crippen LogP contribution in [0.3, 0.4) is 0 Å². The number of aliphatic hydroxyl groups is 1. The van der Waals surface area contributed by atoms with Crippen LogP contribution >= 0.6 is 11.3 Å². The van der Waals surface area contributed by atoms with Crippen molar-refractivity contribution in [1.29, 1.82) is 5.41 Å². The molecule has 0 radical (unpaired) electrons. The van der Waals surface area contributed by atoms with Crippen LogP contribution in [0.2, 0.25) is 0 Å². The van der Waals surface area contributed by atoms with Gasteiger partial charge in [-0.05, 0) is 24.6 Å². The number of carbonyl (C=O) groups is 1. The van der Waals surface area contributed by atoms with Gasteiger partial charge in [0.15, 0.2) is 0 Å². The Kier molecular flexibility index (Phi) is 3.87. The smallest absolute Gasteiger partial charge is 0.307 e. The third-order valence-corrected chi connectivity index (χ3v) is 4.52. The Morgan fingerprint density at radius 3 is 2.65 bits per heavy atom. The van der Waals surface area contributed by atoms with Gasteiger partial charge in [0, 0.05) is 16.8 Å². The molecule has 0 spiro atoms. The summed E-state index contributed by atoms with van der Waals surface area (Å²) in [5, 5.41) is 29.9. The van der Waals surface area contributed by atoms with Crippen LogP contribution in [0.1, 0.15) is 16.3 Å². The number of aliphatic carboxylic acids is 1. The molecule has 1 aliphatic rings. The van der Waals surface area contributed by atoms with E-state index in [9.17, 15) is 9.90 Å². The van der Waals surface area contributed by atoms with Crippen molar-refractivity contribution >= 4 is 34.4 Å². The minimum Gasteiger partial charge on any atom is -0.510 e. The highest BCUT2D eigenvalue weighted by Crippen LogP contribution is 2.32. The van der Waals surface area contributed by atoms with Gasteiger partial charge in [-0.1, -0.05) is 12.1 Å². The first-order valence-electron chi connectivity index (χ1n) is 6.97. The average molecular weight is 329 g/mol. The summed E-state index contributed by atoms with van der Waals surface area (Å²) in [6, 6.07) is 6.96. The van der Waals surface area contributed by atoms with Gasteiger partial charge >= 0.3 is 5.97 Å². The number of amidine groups is 1. The van der Waals surface area contributed by atoms with Gasteiger partial charge in [0.2, 0.25) is 0 Å². The molecule has 1 aliphatic heterocycles. The molecule has 7 heteroatoms. The lowest BCUT2D eigenvalue weighted by atomic mass is 10.1. The van der Waals surface area contributed by atoms with E-state index in [1.807, 2.05) is 12.3 Å². The van der Waals surface area contributed by atoms with Gasteiger partial charge < -0.3 is 15.1 Å². The van der Waals surface area contributed by atoms with E-state index in [0.717, 1.165) is 11.4 Å². The number of aliphatic hydroxyl groups excluding tert-OH is 1. The van der Waals surface area contributed by atoms with Crippen LogP contribution in [0.4, 0.5) is 5.69 Å². The zero-order valence-electron chi connectivity index (χ0n) is 12.4. The van der Waals surface area contributed by atoms with Gasteiger partial charge in [0.1, 0.15) is 16.6 Å². The van der Waals surface area contributed by atoms with E-state index in [1.165, 1.54) is 11.3 Å². The molecule has 2 aromatic rings. The number of carboxylic acids is 1. The van der Waals surface area contributed by atoms with Gasteiger partial charge in [-0.15, -0.1) is 11.3 Å². The molecule has 1 aromatic heterocycles. The first-order valence-corrected chi connectivity index (χ1v) is 7.85. The molecule has 118 valence electrons. The molecule has 1 aromatic carbocycles. The predicted octanol–water partition coefficient (Wildman–Crippen LogP) is 2.85. The third-order valence-electron chi connectivity index (χ3n) is 3.54. The Labute approximate surface area is 136 Å². The number of nitrogens with zero attached hydrogens (tertiary/aromatic N) is 2. The molecular formula is C16H15N3O3S. The fourth-order valence-corrected chi connectivity index (χ4v) is 3.33. The second kappa shape index (κ2) is 5.85. The molecule has 3 rings (SSSR count). The van der Waals surface area contributed by atoms with E-state index in [2.05, 4.69) is 4.98 Å². The van der Waals surface area contributed by atoms with Crippen molar-refractivity contribution < 1.29 is 15.0 Å². The minimum atomic E-state index is -0.882. The van der Waals surface area contributed by atoms with Crippen molar-refractivity contribution in [3.05, 3.63) is 51.7 Å². The Hall–Kier alpha value is -2.67. The number of hydrogen-bond acceptors (Lipinski definition) is 5. The van der Waals surface area contributed by atoms with Crippen LogP contribution in [0.15, 0.2) is 35.4 Å². The van der Waals surface area contributed by atoms with Gasteiger partial charge in [0.25, 0.3) is 0 Å². The zero-order valence-corrected chi connectivity index (χ0v) is 13.2. The SMILES string of the molecule is Cc1csc(C2=C(O)CN(c3ccc(CC(=O)O)cc3)C2=N)n1. The highest BCUT2D eigenvalue weighted by molar-refractivity contribution is 7.11. The normalized spacial score (nSPS) is 14.7. The number of rotatable bonds is 4. The fourth-order valence-electron chi connectivity index (χ4n) is 2.46. The number of hydrogen-bond donors (Lipinski definition) is 3. The number of carboxylic acid groups (broad SMARTS) is 1. The number of anilines is 1. The highest BCUT2D eigenvalue weighted by atomic mass is 32.1. The topological polar surface area (TPSA) is 97.5 Å². The van der Waals surface area contributed by atoms with Gasteiger partial charge in [-0.2, -0.15) is 0 Å². The third kappa shape index (κ3) is 2.95. The molecule has 0 saturated heterocycles. The van der Waals surface area contributed by atoms with Crippen LogP contribution in [-0.2, 0) is 11.2 Å². The van der Waals surface area contributed by atoms with Crippen LogP contribution < -0.4 is 4.90 Å². The lowest BCUT2D eigenvalue weighted by molar-refractivity contribution is -0.136. The van der Waals surface area contributed by atoms with Gasteiger partial charge in [-0.3, -0.25) is 10.2 Å². The second-order valence-electron chi connectivity index (χ2n) is 5.29. The Bertz CT molecular complexity index is 808. The Morgan fingerprint density at radius 2 is 2.09 bits per heavy atom. The maximum Gasteiger partial charge on any atom is 0.307 e. The van der Waals surface area contributed by atoms with Crippen molar-refractivity contribution in [1.82, 2.24) is 4.98 Å². The number of nitrogens with one attached hydrogen (secondary N) is 1. The molecule has 0 saturated carbocycles. The summed E-state index contributed by atoms with van der Waals surface area (Å²) in [5.41, 5.74) is 2.74. The molecule has 0 aliphatic carbocycles. The summed E-state index contributed by atoms with van der Waals surface area (Å²) < 4.78 is 0. The second-order valence-corrected chi connectivity index (χ2v) is 6.15. The standard InChI is InChI=1S/C16H15N3O3S/c1-9-8-23-16(18-9)14-12(20)7-19(15(14)17)11-4-2-10(3-5-11)6-13(21)22/h2-5,8,17,20H,6-7H2,1H3,(H,21,22). The number of thiazole rings is 1. The van der Waals surface area contributed by atoms with E-state index in [0.29, 0.717) is 16.1 Å². The summed E-state index contributed by atoms with van der Waals surface area (Å²) in [7, 11) is 0. The molecule has 6 nitrogen and oxygen atoms in total. The summed E-state index contributed by atoms with van der Waals surface area (Å²) >= 11 is 1.40. The maximum atomic E-state index is 10.7. The fraction of sp³-hybridized carbons (Fsp3) is 0.188. The first kappa shape index (κ1) is 15.2. The molecule has 0 fully saturated rings. The van der Waals surface area contributed by atoms with Crippen LogP contribution in [0, 0.1) is 12.3 Å². The highest BCUT2D eigenvalue weighted by Gasteiger charge is 2.30. The molecule has 0 bridgehead atoms. The average Bonchev–Trinajstić information content (AvgIpc) is 3.03. The van der Waals surface area contributed by atoms with Crippen LogP contribution in [0.25, 0.3) is 5.57 Å². The molecule has 0 atom stereocenters. The summed E-state index contributed by atoms with van der Waals surface area (Å²) in [4.78, 5) is 16.7. The number of aryl methyl sites for hydroxylation is 1. The van der Waals surface area contributed by atoms with Crippen molar-refractivity contribution in [3.63, 3.8) is 0 Å². The van der Waals surface area contributed by atoms with E-state index in [4.69, 9.17) is 10.5 Å². The van der Waals surface area contributed by atoms with Crippen molar-refractivity contribution in [2.45, 2.75) is 13.3 Å². The predicted molar refractivity (Wildman–Crippen MR) is 89.3 cm³/mol. The lowest BCUT2D eigenvalue weighted by Gasteiger charge is -2.18. The van der Waals surface area contributed by atoms with E-state index in [-0.39, 0.29) is 24.6 Å². The first-order chi connectivity index (χ1) is 11.0. The molecule has 0 amide bonds. The number of benzene rings is 1. The van der Waals surface area contributed by atoms with Gasteiger partial charge in [0.05, 0.1) is 18.5 Å². The van der Waals surface area contributed by atoms with Crippen molar-refractivity contribution in [2.24, 2.45) is 0 Å². The lowest BCUT2D eigenvalue weighted by Crippen LogP contribution is -2.26. The summed E-state index contributed by atoms with van der Waals surface area (Å²) in [6.45, 7) is 2.08. The van der Waals surface area contributed by atoms with Crippen LogP contribution in [-0.4, -0.2) is 33.5 Å². The van der Waals surface area contributed by atoms with E-state index < -0.39 is 5.97 Å². The number of aromatic nitrogens is 1. The van der Waals surface area contributed by atoms with E-state index in [1.54, 1.807) is 29.2 Å². The maximum absolute atomic E-state index is 10.7. The molecule has 23 heavy (non-hydrogen) atoms. The summed E-state index contributed by atoms with van der Waals surface area (Å²) in [6.07, 6.45) is -0.0368.